The van der Waals surface area contributed by atoms with Crippen molar-refractivity contribution in [2.75, 3.05) is 57.4 Å². The summed E-state index contributed by atoms with van der Waals surface area (Å²) in [5, 5.41) is 2.63. The van der Waals surface area contributed by atoms with E-state index in [1.54, 1.807) is 11.0 Å². The van der Waals surface area contributed by atoms with Gasteiger partial charge >= 0.3 is 6.03 Å². The second-order valence-corrected chi connectivity index (χ2v) is 6.67. The zero-order valence-corrected chi connectivity index (χ0v) is 14.9. The van der Waals surface area contributed by atoms with Gasteiger partial charge in [0.25, 0.3) is 5.91 Å². The van der Waals surface area contributed by atoms with E-state index in [1.807, 2.05) is 23.1 Å². The molecule has 2 saturated heterocycles. The first-order valence-electron chi connectivity index (χ1n) is 9.09. The molecule has 1 aromatic carbocycles. The Bertz CT molecular complexity index is 749. The van der Waals surface area contributed by atoms with Crippen LogP contribution in [0.15, 0.2) is 24.3 Å². The minimum atomic E-state index is -0.696. The molecule has 1 atom stereocenters. The molecular weight excluding hydrogens is 352 g/mol. The van der Waals surface area contributed by atoms with E-state index in [9.17, 15) is 14.4 Å². The predicted molar refractivity (Wildman–Crippen MR) is 95.6 cm³/mol. The molecule has 4 amide bonds. The second kappa shape index (κ2) is 7.43. The SMILES string of the molecule is O=C([C@@H]1CN(CC(=O)N2CCNC2=O)c2ccccc2O1)N1CCOCC1. The number of nitrogens with one attached hydrogen (secondary N) is 1. The van der Waals surface area contributed by atoms with E-state index >= 15 is 0 Å². The number of nitrogens with zero attached hydrogens (tertiary/aromatic N) is 3. The van der Waals surface area contributed by atoms with E-state index in [-0.39, 0.29) is 30.9 Å². The number of imide groups is 1. The van der Waals surface area contributed by atoms with Gasteiger partial charge in [0.2, 0.25) is 5.91 Å². The lowest BCUT2D eigenvalue weighted by Gasteiger charge is -2.38. The Labute approximate surface area is 156 Å². The zero-order valence-electron chi connectivity index (χ0n) is 14.9. The van der Waals surface area contributed by atoms with Crippen LogP contribution >= 0.6 is 0 Å². The van der Waals surface area contributed by atoms with Gasteiger partial charge in [0, 0.05) is 26.2 Å². The van der Waals surface area contributed by atoms with Gasteiger partial charge in [0.1, 0.15) is 5.75 Å². The first-order valence-corrected chi connectivity index (χ1v) is 9.09. The Balaban J connectivity index is 1.52. The molecule has 0 aliphatic carbocycles. The highest BCUT2D eigenvalue weighted by atomic mass is 16.5. The number of morpholine rings is 1. The molecule has 3 aliphatic heterocycles. The van der Waals surface area contributed by atoms with Crippen LogP contribution in [0.2, 0.25) is 0 Å². The fourth-order valence-corrected chi connectivity index (χ4v) is 3.53. The number of para-hydroxylation sites is 2. The van der Waals surface area contributed by atoms with Crippen molar-refractivity contribution in [2.24, 2.45) is 0 Å². The highest BCUT2D eigenvalue weighted by Crippen LogP contribution is 2.33. The van der Waals surface area contributed by atoms with Crippen molar-refractivity contribution in [1.82, 2.24) is 15.1 Å². The van der Waals surface area contributed by atoms with Crippen LogP contribution in [-0.4, -0.2) is 86.2 Å². The molecule has 0 bridgehead atoms. The summed E-state index contributed by atoms with van der Waals surface area (Å²) < 4.78 is 11.2. The fourth-order valence-electron chi connectivity index (χ4n) is 3.53. The van der Waals surface area contributed by atoms with Crippen molar-refractivity contribution in [3.05, 3.63) is 24.3 Å². The van der Waals surface area contributed by atoms with E-state index in [2.05, 4.69) is 5.32 Å². The molecule has 0 spiro atoms. The third kappa shape index (κ3) is 3.55. The molecule has 144 valence electrons. The van der Waals surface area contributed by atoms with Crippen molar-refractivity contribution in [2.45, 2.75) is 6.10 Å². The molecule has 4 rings (SSSR count). The van der Waals surface area contributed by atoms with E-state index in [0.29, 0.717) is 45.1 Å². The number of carbonyl (C=O) groups excluding carboxylic acids is 3. The number of carbonyl (C=O) groups is 3. The lowest BCUT2D eigenvalue weighted by atomic mass is 10.1. The molecule has 3 aliphatic rings. The number of urea groups is 1. The molecular formula is C18H22N4O5. The number of anilines is 1. The molecule has 9 nitrogen and oxygen atoms in total. The van der Waals surface area contributed by atoms with Gasteiger partial charge in [-0.2, -0.15) is 0 Å². The summed E-state index contributed by atoms with van der Waals surface area (Å²) in [5.74, 6) is 0.164. The summed E-state index contributed by atoms with van der Waals surface area (Å²) in [4.78, 5) is 42.0. The van der Waals surface area contributed by atoms with E-state index < -0.39 is 6.10 Å². The fraction of sp³-hybridized carbons (Fsp3) is 0.500. The molecule has 0 unspecified atom stereocenters. The Hall–Kier alpha value is -2.81. The summed E-state index contributed by atoms with van der Waals surface area (Å²) in [6.07, 6.45) is -0.696. The molecule has 1 aromatic rings. The highest BCUT2D eigenvalue weighted by molar-refractivity contribution is 5.98. The largest absolute Gasteiger partial charge is 0.477 e. The smallest absolute Gasteiger partial charge is 0.324 e. The molecule has 27 heavy (non-hydrogen) atoms. The summed E-state index contributed by atoms with van der Waals surface area (Å²) in [6, 6.07) is 6.94. The van der Waals surface area contributed by atoms with Gasteiger partial charge in [0.05, 0.1) is 32.0 Å². The van der Waals surface area contributed by atoms with Crippen LogP contribution in [0.4, 0.5) is 10.5 Å². The van der Waals surface area contributed by atoms with Crippen molar-refractivity contribution < 1.29 is 23.9 Å². The van der Waals surface area contributed by atoms with Gasteiger partial charge in [-0.15, -0.1) is 0 Å². The van der Waals surface area contributed by atoms with Crippen molar-refractivity contribution in [1.29, 1.82) is 0 Å². The molecule has 2 fully saturated rings. The standard InChI is InChI=1S/C18H22N4O5/c23-16(22-6-5-19-18(22)25)12-21-11-15(17(24)20-7-9-26-10-8-20)27-14-4-2-1-3-13(14)21/h1-4,15H,5-12H2,(H,19,25)/t15-/m0/s1. The van der Waals surface area contributed by atoms with Crippen LogP contribution in [0.1, 0.15) is 0 Å². The molecule has 0 radical (unpaired) electrons. The Kier molecular flexibility index (Phi) is 4.85. The Morgan fingerprint density at radius 1 is 1.15 bits per heavy atom. The van der Waals surface area contributed by atoms with Gasteiger partial charge in [-0.25, -0.2) is 4.79 Å². The van der Waals surface area contributed by atoms with Crippen LogP contribution in [-0.2, 0) is 14.3 Å². The minimum Gasteiger partial charge on any atom is -0.477 e. The number of hydrogen-bond acceptors (Lipinski definition) is 6. The molecule has 0 saturated carbocycles. The average Bonchev–Trinajstić information content (AvgIpc) is 3.14. The number of fused-ring (bicyclic) bond motifs is 1. The maximum atomic E-state index is 12.9. The minimum absolute atomic E-state index is 0.0146. The maximum Gasteiger partial charge on any atom is 0.324 e. The lowest BCUT2D eigenvalue weighted by Crippen LogP contribution is -2.54. The van der Waals surface area contributed by atoms with E-state index in [1.165, 1.54) is 4.90 Å². The van der Waals surface area contributed by atoms with Crippen LogP contribution in [0.3, 0.4) is 0 Å². The quantitative estimate of drug-likeness (QED) is 0.779. The summed E-state index contributed by atoms with van der Waals surface area (Å²) in [5.41, 5.74) is 0.747. The number of rotatable bonds is 3. The third-order valence-electron chi connectivity index (χ3n) is 4.94. The van der Waals surface area contributed by atoms with Crippen LogP contribution in [0, 0.1) is 0 Å². The summed E-state index contributed by atoms with van der Waals surface area (Å²) in [7, 11) is 0. The van der Waals surface area contributed by atoms with Gasteiger partial charge in [0.15, 0.2) is 6.10 Å². The number of amides is 4. The summed E-state index contributed by atoms with van der Waals surface area (Å²) >= 11 is 0. The third-order valence-corrected chi connectivity index (χ3v) is 4.94. The average molecular weight is 374 g/mol. The topological polar surface area (TPSA) is 91.4 Å². The first kappa shape index (κ1) is 17.6. The maximum absolute atomic E-state index is 12.9. The molecule has 1 N–H and O–H groups in total. The number of ether oxygens (including phenoxy) is 2. The van der Waals surface area contributed by atoms with Gasteiger partial charge in [-0.05, 0) is 12.1 Å². The second-order valence-electron chi connectivity index (χ2n) is 6.67. The Morgan fingerprint density at radius 3 is 2.67 bits per heavy atom. The van der Waals surface area contributed by atoms with Crippen molar-refractivity contribution in [3.8, 4) is 5.75 Å². The number of hydrogen-bond donors (Lipinski definition) is 1. The van der Waals surface area contributed by atoms with E-state index in [4.69, 9.17) is 9.47 Å². The van der Waals surface area contributed by atoms with E-state index in [0.717, 1.165) is 5.69 Å². The normalized spacial score (nSPS) is 22.1. The van der Waals surface area contributed by atoms with Crippen LogP contribution in [0.25, 0.3) is 0 Å². The van der Waals surface area contributed by atoms with Crippen molar-refractivity contribution >= 4 is 23.5 Å². The first-order chi connectivity index (χ1) is 13.1. The monoisotopic (exact) mass is 374 g/mol. The van der Waals surface area contributed by atoms with Crippen LogP contribution < -0.4 is 15.0 Å². The summed E-state index contributed by atoms with van der Waals surface area (Å²) in [6.45, 7) is 3.19. The predicted octanol–water partition coefficient (Wildman–Crippen LogP) is -0.335. The molecule has 0 aromatic heterocycles. The number of benzene rings is 1. The van der Waals surface area contributed by atoms with Gasteiger partial charge in [-0.3, -0.25) is 14.5 Å². The lowest BCUT2D eigenvalue weighted by molar-refractivity contribution is -0.143. The van der Waals surface area contributed by atoms with Gasteiger partial charge in [-0.1, -0.05) is 12.1 Å². The van der Waals surface area contributed by atoms with Gasteiger partial charge < -0.3 is 24.6 Å². The highest BCUT2D eigenvalue weighted by Gasteiger charge is 2.36. The molecule has 9 heteroatoms. The zero-order chi connectivity index (χ0) is 18.8. The van der Waals surface area contributed by atoms with Crippen molar-refractivity contribution in [3.63, 3.8) is 0 Å². The Morgan fingerprint density at radius 2 is 1.93 bits per heavy atom. The van der Waals surface area contributed by atoms with Crippen LogP contribution in [0.5, 0.6) is 5.75 Å². The molecule has 3 heterocycles.